The topological polar surface area (TPSA) is 78.0 Å². The van der Waals surface area contributed by atoms with Crippen LogP contribution in [0.25, 0.3) is 0 Å². The van der Waals surface area contributed by atoms with Gasteiger partial charge in [0.25, 0.3) is 10.0 Å². The summed E-state index contributed by atoms with van der Waals surface area (Å²) >= 11 is 0. The normalized spacial score (nSPS) is 12.4. The largest absolute Gasteiger partial charge is 0.255 e. The lowest BCUT2D eigenvalue weighted by Gasteiger charge is -2.08. The molecule has 0 fully saturated rings. The highest BCUT2D eigenvalue weighted by Crippen LogP contribution is 2.15. The van der Waals surface area contributed by atoms with E-state index in [0.29, 0.717) is 6.42 Å². The molecule has 0 aliphatic rings. The molecule has 1 aromatic heterocycles. The molecule has 0 aliphatic heterocycles. The molecule has 0 radical (unpaired) electrons. The van der Waals surface area contributed by atoms with Crippen molar-refractivity contribution in [3.63, 3.8) is 0 Å². The van der Waals surface area contributed by atoms with Gasteiger partial charge in [0.05, 0.1) is 5.69 Å². The van der Waals surface area contributed by atoms with Crippen molar-refractivity contribution in [2.75, 3.05) is 0 Å². The summed E-state index contributed by atoms with van der Waals surface area (Å²) in [5, 5.41) is 9.31. The van der Waals surface area contributed by atoms with Crippen molar-refractivity contribution in [1.82, 2.24) is 9.78 Å². The Labute approximate surface area is 84.0 Å². The van der Waals surface area contributed by atoms with Crippen LogP contribution < -0.4 is 5.14 Å². The van der Waals surface area contributed by atoms with E-state index in [1.54, 1.807) is 0 Å². The van der Waals surface area contributed by atoms with E-state index in [1.165, 1.54) is 10.7 Å². The molecule has 0 spiro atoms. The summed E-state index contributed by atoms with van der Waals surface area (Å²) in [6, 6.07) is 1.51. The number of aryl methyl sites for hydroxylation is 1. The fourth-order valence-corrected chi connectivity index (χ4v) is 1.99. The molecular weight excluding hydrogens is 202 g/mol. The molecule has 0 aliphatic carbocycles. The first kappa shape index (κ1) is 11.2. The van der Waals surface area contributed by atoms with Gasteiger partial charge in [-0.2, -0.15) is 5.10 Å². The van der Waals surface area contributed by atoms with Crippen molar-refractivity contribution in [3.05, 3.63) is 11.8 Å². The number of hydrogen-bond donors (Lipinski definition) is 1. The predicted octanol–water partition coefficient (Wildman–Crippen LogP) is 0.674. The Balaban J connectivity index is 3.34. The Morgan fingerprint density at radius 3 is 2.43 bits per heavy atom. The minimum absolute atomic E-state index is 0.0105. The van der Waals surface area contributed by atoms with Crippen molar-refractivity contribution >= 4 is 10.0 Å². The molecule has 5 nitrogen and oxygen atoms in total. The molecule has 80 valence electrons. The van der Waals surface area contributed by atoms with Crippen LogP contribution in [0.4, 0.5) is 0 Å². The SMILES string of the molecule is CCc1cc(S(N)(=O)=O)n(C(C)C)n1. The monoisotopic (exact) mass is 217 g/mol. The zero-order valence-electron chi connectivity index (χ0n) is 8.56. The number of aromatic nitrogens is 2. The van der Waals surface area contributed by atoms with Crippen LogP contribution in [-0.2, 0) is 16.4 Å². The van der Waals surface area contributed by atoms with E-state index in [4.69, 9.17) is 5.14 Å². The molecule has 0 amide bonds. The van der Waals surface area contributed by atoms with E-state index in [9.17, 15) is 8.42 Å². The Morgan fingerprint density at radius 1 is 1.57 bits per heavy atom. The number of rotatable bonds is 3. The molecule has 1 rings (SSSR count). The number of hydrogen-bond acceptors (Lipinski definition) is 3. The number of sulfonamides is 1. The van der Waals surface area contributed by atoms with Crippen LogP contribution in [0.1, 0.15) is 32.5 Å². The Bertz CT molecular complexity index is 420. The summed E-state index contributed by atoms with van der Waals surface area (Å²) < 4.78 is 23.8. The summed E-state index contributed by atoms with van der Waals surface area (Å²) in [5.74, 6) is 0. The van der Waals surface area contributed by atoms with Gasteiger partial charge >= 0.3 is 0 Å². The van der Waals surface area contributed by atoms with Crippen LogP contribution >= 0.6 is 0 Å². The maximum atomic E-state index is 11.2. The molecule has 0 bridgehead atoms. The van der Waals surface area contributed by atoms with E-state index in [2.05, 4.69) is 5.10 Å². The average molecular weight is 217 g/mol. The van der Waals surface area contributed by atoms with Gasteiger partial charge in [0, 0.05) is 6.04 Å². The number of nitrogens with two attached hydrogens (primary N) is 1. The van der Waals surface area contributed by atoms with Crippen molar-refractivity contribution in [3.8, 4) is 0 Å². The van der Waals surface area contributed by atoms with Crippen LogP contribution in [0.15, 0.2) is 11.1 Å². The van der Waals surface area contributed by atoms with E-state index < -0.39 is 10.0 Å². The lowest BCUT2D eigenvalue weighted by atomic mass is 10.3. The third-order valence-electron chi connectivity index (χ3n) is 1.89. The Morgan fingerprint density at radius 2 is 2.14 bits per heavy atom. The zero-order chi connectivity index (χ0) is 10.9. The lowest BCUT2D eigenvalue weighted by molar-refractivity contribution is 0.476. The zero-order valence-corrected chi connectivity index (χ0v) is 9.37. The van der Waals surface area contributed by atoms with Gasteiger partial charge in [-0.3, -0.25) is 4.68 Å². The Kier molecular flexibility index (Phi) is 2.96. The fourth-order valence-electron chi connectivity index (χ4n) is 1.18. The predicted molar refractivity (Wildman–Crippen MR) is 53.4 cm³/mol. The van der Waals surface area contributed by atoms with Crippen molar-refractivity contribution < 1.29 is 8.42 Å². The summed E-state index contributed by atoms with van der Waals surface area (Å²) in [4.78, 5) is 0. The van der Waals surface area contributed by atoms with Gasteiger partial charge in [0.15, 0.2) is 5.03 Å². The highest BCUT2D eigenvalue weighted by molar-refractivity contribution is 7.89. The van der Waals surface area contributed by atoms with Crippen LogP contribution in [0.2, 0.25) is 0 Å². The van der Waals surface area contributed by atoms with Crippen molar-refractivity contribution in [2.24, 2.45) is 5.14 Å². The summed E-state index contributed by atoms with van der Waals surface area (Å²) in [5.41, 5.74) is 0.739. The molecular formula is C8H15N3O2S. The third-order valence-corrected chi connectivity index (χ3v) is 2.78. The molecule has 0 atom stereocenters. The summed E-state index contributed by atoms with van der Waals surface area (Å²) in [6.45, 7) is 5.64. The van der Waals surface area contributed by atoms with Crippen LogP contribution in [-0.4, -0.2) is 18.2 Å². The Hall–Kier alpha value is -0.880. The number of nitrogens with zero attached hydrogens (tertiary/aromatic N) is 2. The van der Waals surface area contributed by atoms with Crippen LogP contribution in [0.3, 0.4) is 0 Å². The van der Waals surface area contributed by atoms with Crippen LogP contribution in [0, 0.1) is 0 Å². The highest BCUT2D eigenvalue weighted by Gasteiger charge is 2.18. The minimum atomic E-state index is -3.67. The maximum absolute atomic E-state index is 11.2. The third kappa shape index (κ3) is 2.13. The first-order chi connectivity index (χ1) is 6.36. The minimum Gasteiger partial charge on any atom is -0.250 e. The van der Waals surface area contributed by atoms with E-state index in [-0.39, 0.29) is 11.1 Å². The number of primary sulfonamides is 1. The molecule has 1 aromatic rings. The van der Waals surface area contributed by atoms with Gasteiger partial charge in [-0.25, -0.2) is 13.6 Å². The summed E-state index contributed by atoms with van der Waals surface area (Å²) in [7, 11) is -3.67. The first-order valence-corrected chi connectivity index (χ1v) is 6.02. The molecule has 0 saturated heterocycles. The van der Waals surface area contributed by atoms with Gasteiger partial charge in [-0.15, -0.1) is 0 Å². The van der Waals surface area contributed by atoms with Gasteiger partial charge < -0.3 is 0 Å². The quantitative estimate of drug-likeness (QED) is 0.808. The van der Waals surface area contributed by atoms with E-state index >= 15 is 0 Å². The smallest absolute Gasteiger partial charge is 0.250 e. The molecule has 2 N–H and O–H groups in total. The molecule has 1 heterocycles. The van der Waals surface area contributed by atoms with Crippen molar-refractivity contribution in [1.29, 1.82) is 0 Å². The van der Waals surface area contributed by atoms with Gasteiger partial charge in [-0.1, -0.05) is 6.92 Å². The maximum Gasteiger partial charge on any atom is 0.255 e. The van der Waals surface area contributed by atoms with E-state index in [0.717, 1.165) is 5.69 Å². The van der Waals surface area contributed by atoms with Crippen LogP contribution in [0.5, 0.6) is 0 Å². The highest BCUT2D eigenvalue weighted by atomic mass is 32.2. The second-order valence-corrected chi connectivity index (χ2v) is 4.92. The fraction of sp³-hybridized carbons (Fsp3) is 0.625. The first-order valence-electron chi connectivity index (χ1n) is 4.47. The average Bonchev–Trinajstić information content (AvgIpc) is 2.46. The molecule has 6 heteroatoms. The lowest BCUT2D eigenvalue weighted by Crippen LogP contribution is -2.19. The van der Waals surface area contributed by atoms with E-state index in [1.807, 2.05) is 20.8 Å². The van der Waals surface area contributed by atoms with Gasteiger partial charge in [-0.05, 0) is 26.3 Å². The molecule has 0 unspecified atom stereocenters. The summed E-state index contributed by atoms with van der Waals surface area (Å²) in [6.07, 6.45) is 0.697. The van der Waals surface area contributed by atoms with Gasteiger partial charge in [0.2, 0.25) is 0 Å². The molecule has 14 heavy (non-hydrogen) atoms. The molecule has 0 aromatic carbocycles. The second-order valence-electron chi connectivity index (χ2n) is 3.41. The second kappa shape index (κ2) is 3.70. The van der Waals surface area contributed by atoms with Crippen molar-refractivity contribution in [2.45, 2.75) is 38.3 Å². The standard InChI is InChI=1S/C8H15N3O2S/c1-4-7-5-8(14(9,12)13)11(10-7)6(2)3/h5-6H,4H2,1-3H3,(H2,9,12,13). The molecule has 0 saturated carbocycles. The van der Waals surface area contributed by atoms with Gasteiger partial charge in [0.1, 0.15) is 0 Å².